The molecule has 0 aromatic heterocycles. The van der Waals surface area contributed by atoms with E-state index in [0.29, 0.717) is 6.61 Å². The number of rotatable bonds is 5. The lowest BCUT2D eigenvalue weighted by atomic mass is 9.99. The van der Waals surface area contributed by atoms with Gasteiger partial charge in [-0.25, -0.2) is 0 Å². The number of ether oxygens (including phenoxy) is 2. The molecule has 0 atom stereocenters. The summed E-state index contributed by atoms with van der Waals surface area (Å²) in [6.45, 7) is 4.47. The van der Waals surface area contributed by atoms with Crippen LogP contribution in [-0.2, 0) is 9.47 Å². The molecular formula is C9H19NO2S. The molecule has 1 saturated heterocycles. The van der Waals surface area contributed by atoms with Crippen molar-refractivity contribution in [2.75, 3.05) is 40.0 Å². The van der Waals surface area contributed by atoms with Gasteiger partial charge in [0.1, 0.15) is 0 Å². The molecule has 0 aromatic rings. The van der Waals surface area contributed by atoms with Crippen LogP contribution in [0.3, 0.4) is 0 Å². The van der Waals surface area contributed by atoms with Crippen molar-refractivity contribution in [3.63, 3.8) is 0 Å². The Hall–Kier alpha value is 0.230. The molecule has 78 valence electrons. The maximum absolute atomic E-state index is 5.48. The zero-order valence-electron chi connectivity index (χ0n) is 8.24. The minimum absolute atomic E-state index is 0.700. The van der Waals surface area contributed by atoms with Gasteiger partial charge in [0.2, 0.25) is 0 Å². The molecule has 0 unspecified atom stereocenters. The fraction of sp³-hybridized carbons (Fsp3) is 1.00. The molecule has 1 aliphatic rings. The van der Waals surface area contributed by atoms with Gasteiger partial charge in [-0.05, 0) is 18.8 Å². The summed E-state index contributed by atoms with van der Waals surface area (Å²) in [6.07, 6.45) is 2.41. The van der Waals surface area contributed by atoms with E-state index in [0.717, 1.165) is 32.2 Å². The second kappa shape index (κ2) is 6.65. The standard InChI is InChI=1S/C9H19NO2S/c1-11-6-7-12-8-9-2-4-10(13)5-3-9/h9,13H,2-8H2,1H3. The minimum atomic E-state index is 0.700. The number of thiol groups is 1. The first-order valence-corrected chi connectivity index (χ1v) is 5.23. The van der Waals surface area contributed by atoms with E-state index in [-0.39, 0.29) is 0 Å². The van der Waals surface area contributed by atoms with Crippen LogP contribution in [0.1, 0.15) is 12.8 Å². The van der Waals surface area contributed by atoms with Crippen LogP contribution in [0.4, 0.5) is 0 Å². The van der Waals surface area contributed by atoms with Crippen molar-refractivity contribution >= 4 is 12.8 Å². The third kappa shape index (κ3) is 4.86. The summed E-state index contributed by atoms with van der Waals surface area (Å²) in [5, 5.41) is 0. The third-order valence-electron chi connectivity index (χ3n) is 2.38. The Morgan fingerprint density at radius 1 is 1.31 bits per heavy atom. The maximum atomic E-state index is 5.48. The smallest absolute Gasteiger partial charge is 0.0700 e. The zero-order chi connectivity index (χ0) is 9.52. The number of piperidine rings is 1. The molecule has 0 saturated carbocycles. The largest absolute Gasteiger partial charge is 0.382 e. The van der Waals surface area contributed by atoms with Gasteiger partial charge >= 0.3 is 0 Å². The fourth-order valence-electron chi connectivity index (χ4n) is 1.48. The van der Waals surface area contributed by atoms with Crippen molar-refractivity contribution < 1.29 is 9.47 Å². The second-order valence-electron chi connectivity index (χ2n) is 3.46. The van der Waals surface area contributed by atoms with Gasteiger partial charge in [0.15, 0.2) is 0 Å². The lowest BCUT2D eigenvalue weighted by Crippen LogP contribution is -2.29. The van der Waals surface area contributed by atoms with E-state index in [1.807, 2.05) is 0 Å². The number of hydrogen-bond acceptors (Lipinski definition) is 4. The summed E-state index contributed by atoms with van der Waals surface area (Å²) in [4.78, 5) is 0. The first kappa shape index (κ1) is 11.3. The fourth-order valence-corrected chi connectivity index (χ4v) is 1.71. The van der Waals surface area contributed by atoms with Gasteiger partial charge in [-0.15, -0.1) is 0 Å². The van der Waals surface area contributed by atoms with Gasteiger partial charge < -0.3 is 9.47 Å². The zero-order valence-corrected chi connectivity index (χ0v) is 9.13. The van der Waals surface area contributed by atoms with E-state index in [9.17, 15) is 0 Å². The Labute approximate surface area is 85.9 Å². The van der Waals surface area contributed by atoms with E-state index in [4.69, 9.17) is 9.47 Å². The van der Waals surface area contributed by atoms with Gasteiger partial charge in [-0.1, -0.05) is 12.8 Å². The molecule has 0 bridgehead atoms. The van der Waals surface area contributed by atoms with Crippen molar-refractivity contribution in [3.05, 3.63) is 0 Å². The van der Waals surface area contributed by atoms with Crippen molar-refractivity contribution in [2.45, 2.75) is 12.8 Å². The van der Waals surface area contributed by atoms with Crippen molar-refractivity contribution in [3.8, 4) is 0 Å². The van der Waals surface area contributed by atoms with Crippen LogP contribution in [-0.4, -0.2) is 44.3 Å². The van der Waals surface area contributed by atoms with Crippen molar-refractivity contribution in [1.82, 2.24) is 4.31 Å². The molecule has 0 aromatic carbocycles. The van der Waals surface area contributed by atoms with Crippen LogP contribution in [0.5, 0.6) is 0 Å². The highest BCUT2D eigenvalue weighted by molar-refractivity contribution is 7.77. The first-order chi connectivity index (χ1) is 6.33. The van der Waals surface area contributed by atoms with Gasteiger partial charge in [-0.2, -0.15) is 0 Å². The van der Waals surface area contributed by atoms with Crippen LogP contribution >= 0.6 is 12.8 Å². The SMILES string of the molecule is COCCOCC1CCN(S)CC1. The molecule has 0 radical (unpaired) electrons. The quantitative estimate of drug-likeness (QED) is 0.538. The molecule has 0 amide bonds. The van der Waals surface area contributed by atoms with E-state index < -0.39 is 0 Å². The lowest BCUT2D eigenvalue weighted by Gasteiger charge is -2.27. The summed E-state index contributed by atoms with van der Waals surface area (Å²) in [6, 6.07) is 0. The summed E-state index contributed by atoms with van der Waals surface area (Å²) in [5.74, 6) is 0.722. The Morgan fingerprint density at radius 3 is 2.62 bits per heavy atom. The van der Waals surface area contributed by atoms with Crippen molar-refractivity contribution in [1.29, 1.82) is 0 Å². The minimum Gasteiger partial charge on any atom is -0.382 e. The van der Waals surface area contributed by atoms with Crippen molar-refractivity contribution in [2.24, 2.45) is 5.92 Å². The van der Waals surface area contributed by atoms with E-state index in [1.165, 1.54) is 12.8 Å². The number of nitrogens with zero attached hydrogens (tertiary/aromatic N) is 1. The van der Waals surface area contributed by atoms with E-state index in [2.05, 4.69) is 17.1 Å². The maximum Gasteiger partial charge on any atom is 0.0700 e. The second-order valence-corrected chi connectivity index (χ2v) is 4.03. The van der Waals surface area contributed by atoms with E-state index >= 15 is 0 Å². The Balaban J connectivity index is 1.96. The van der Waals surface area contributed by atoms with Gasteiger partial charge in [-0.3, -0.25) is 4.31 Å². The normalized spacial score (nSPS) is 20.8. The molecule has 1 heterocycles. The summed E-state index contributed by atoms with van der Waals surface area (Å²) in [7, 11) is 1.70. The van der Waals surface area contributed by atoms with Gasteiger partial charge in [0.25, 0.3) is 0 Å². The molecule has 13 heavy (non-hydrogen) atoms. The molecule has 1 fully saturated rings. The molecule has 3 nitrogen and oxygen atoms in total. The van der Waals surface area contributed by atoms with Crippen LogP contribution < -0.4 is 0 Å². The third-order valence-corrected chi connectivity index (χ3v) is 2.78. The summed E-state index contributed by atoms with van der Waals surface area (Å²) in [5.41, 5.74) is 0. The van der Waals surface area contributed by atoms with Gasteiger partial charge in [0, 0.05) is 26.8 Å². The Kier molecular flexibility index (Phi) is 5.78. The average molecular weight is 205 g/mol. The lowest BCUT2D eigenvalue weighted by molar-refractivity contribution is 0.0417. The molecule has 0 aliphatic carbocycles. The highest BCUT2D eigenvalue weighted by atomic mass is 32.1. The number of hydrogen-bond donors (Lipinski definition) is 1. The number of methoxy groups -OCH3 is 1. The Morgan fingerprint density at radius 2 is 2.00 bits per heavy atom. The Bertz CT molecular complexity index is 127. The topological polar surface area (TPSA) is 21.7 Å². The highest BCUT2D eigenvalue weighted by Gasteiger charge is 2.16. The predicted octanol–water partition coefficient (Wildman–Crippen LogP) is 1.21. The molecule has 1 aliphatic heterocycles. The molecule has 1 rings (SSSR count). The monoisotopic (exact) mass is 205 g/mol. The van der Waals surface area contributed by atoms with Crippen LogP contribution in [0.15, 0.2) is 0 Å². The molecule has 4 heteroatoms. The van der Waals surface area contributed by atoms with Gasteiger partial charge in [0.05, 0.1) is 13.2 Å². The predicted molar refractivity (Wildman–Crippen MR) is 56.0 cm³/mol. The highest BCUT2D eigenvalue weighted by Crippen LogP contribution is 2.18. The van der Waals surface area contributed by atoms with Crippen LogP contribution in [0, 0.1) is 5.92 Å². The molecule has 0 N–H and O–H groups in total. The average Bonchev–Trinajstić information content (AvgIpc) is 2.15. The molecular weight excluding hydrogens is 186 g/mol. The summed E-state index contributed by atoms with van der Waals surface area (Å²) >= 11 is 4.30. The van der Waals surface area contributed by atoms with E-state index in [1.54, 1.807) is 7.11 Å². The first-order valence-electron chi connectivity index (χ1n) is 4.83. The van der Waals surface area contributed by atoms with Crippen LogP contribution in [0.25, 0.3) is 0 Å². The molecule has 0 spiro atoms. The summed E-state index contributed by atoms with van der Waals surface area (Å²) < 4.78 is 12.5. The van der Waals surface area contributed by atoms with Crippen LogP contribution in [0.2, 0.25) is 0 Å².